The maximum atomic E-state index is 12.4. The van der Waals surface area contributed by atoms with E-state index in [0.717, 1.165) is 48.4 Å². The first kappa shape index (κ1) is 24.0. The predicted molar refractivity (Wildman–Crippen MR) is 143 cm³/mol. The lowest BCUT2D eigenvalue weighted by Crippen LogP contribution is -2.26. The lowest BCUT2D eigenvalue weighted by molar-refractivity contribution is 0.301. The number of nitriles is 1. The van der Waals surface area contributed by atoms with Crippen molar-refractivity contribution in [2.45, 2.75) is 18.7 Å². The number of pyridine rings is 1. The fraction of sp³-hybridized carbons (Fsp3) is 0.154. The van der Waals surface area contributed by atoms with Gasteiger partial charge in [0.15, 0.2) is 0 Å². The van der Waals surface area contributed by atoms with Crippen LogP contribution in [0.3, 0.4) is 0 Å². The van der Waals surface area contributed by atoms with Gasteiger partial charge in [0.2, 0.25) is 10.0 Å². The van der Waals surface area contributed by atoms with Gasteiger partial charge in [-0.2, -0.15) is 5.26 Å². The number of aliphatic hydroxyl groups excluding tert-OH is 1. The molecule has 4 N–H and O–H groups in total. The summed E-state index contributed by atoms with van der Waals surface area (Å²) in [5.41, 5.74) is 5.98. The van der Waals surface area contributed by atoms with Crippen LogP contribution in [0.15, 0.2) is 59.8 Å². The van der Waals surface area contributed by atoms with E-state index in [1.165, 1.54) is 11.3 Å². The number of benzene rings is 2. The van der Waals surface area contributed by atoms with E-state index in [4.69, 9.17) is 5.11 Å². The largest absolute Gasteiger partial charge is 0.395 e. The summed E-state index contributed by atoms with van der Waals surface area (Å²) in [5, 5.41) is 24.2. The number of thiophene rings is 1. The van der Waals surface area contributed by atoms with Crippen LogP contribution in [0, 0.1) is 25.2 Å². The normalized spacial score (nSPS) is 11.7. The van der Waals surface area contributed by atoms with Gasteiger partial charge >= 0.3 is 0 Å². The van der Waals surface area contributed by atoms with Crippen molar-refractivity contribution in [3.05, 3.63) is 71.5 Å². The molecule has 0 atom stereocenters. The summed E-state index contributed by atoms with van der Waals surface area (Å²) < 4.78 is 27.1. The van der Waals surface area contributed by atoms with Gasteiger partial charge < -0.3 is 15.4 Å². The van der Waals surface area contributed by atoms with E-state index in [-0.39, 0.29) is 18.0 Å². The Balaban J connectivity index is 1.59. The summed E-state index contributed by atoms with van der Waals surface area (Å²) in [6.07, 6.45) is 3.48. The van der Waals surface area contributed by atoms with E-state index < -0.39 is 10.0 Å². The molecule has 182 valence electrons. The molecule has 8 nitrogen and oxygen atoms in total. The Kier molecular flexibility index (Phi) is 6.24. The molecule has 2 aromatic carbocycles. The number of aromatic amines is 1. The van der Waals surface area contributed by atoms with Gasteiger partial charge in [0.25, 0.3) is 0 Å². The van der Waals surface area contributed by atoms with Crippen molar-refractivity contribution in [2.24, 2.45) is 0 Å². The van der Waals surface area contributed by atoms with Gasteiger partial charge in [0.1, 0.15) is 10.9 Å². The second kappa shape index (κ2) is 9.37. The van der Waals surface area contributed by atoms with Crippen LogP contribution < -0.4 is 10.0 Å². The molecule has 0 saturated heterocycles. The number of rotatable bonds is 7. The quantitative estimate of drug-likeness (QED) is 0.242. The zero-order chi connectivity index (χ0) is 25.4. The van der Waals surface area contributed by atoms with Gasteiger partial charge in [-0.25, -0.2) is 18.1 Å². The second-order valence-corrected chi connectivity index (χ2v) is 11.1. The van der Waals surface area contributed by atoms with E-state index in [1.54, 1.807) is 30.5 Å². The van der Waals surface area contributed by atoms with Gasteiger partial charge in [-0.15, -0.1) is 11.3 Å². The Bertz CT molecular complexity index is 1750. The van der Waals surface area contributed by atoms with Crippen LogP contribution in [0.4, 0.5) is 11.4 Å². The molecule has 0 aliphatic heterocycles. The van der Waals surface area contributed by atoms with E-state index in [0.29, 0.717) is 11.3 Å². The SMILES string of the molecule is Cc1c(Nc2c(C#N)cnc3sc(-c4ccc(S(=O)(=O)NCCO)cc4)c(C)c23)ccc2[nH]ccc12. The molecule has 0 fully saturated rings. The molecule has 10 heteroatoms. The minimum absolute atomic E-state index is 0.0430. The molecular formula is C26H23N5O3S2. The molecule has 0 bridgehead atoms. The standard InChI is InChI=1S/C26H23N5O3S2/c1-15-20-9-10-28-22(20)8-7-21(15)31-24-18(13-27)14-29-26-23(24)16(2)25(35-26)17-3-5-19(6-4-17)36(33,34)30-11-12-32/h3-10,14,28,30,32H,11-12H2,1-2H3,(H,29,31). The Labute approximate surface area is 212 Å². The van der Waals surface area contributed by atoms with Crippen LogP contribution in [-0.4, -0.2) is 36.6 Å². The molecule has 0 saturated carbocycles. The predicted octanol–water partition coefficient (Wildman–Crippen LogP) is 4.95. The van der Waals surface area contributed by atoms with Gasteiger partial charge in [0.05, 0.1) is 22.8 Å². The summed E-state index contributed by atoms with van der Waals surface area (Å²) in [6.45, 7) is 3.71. The summed E-state index contributed by atoms with van der Waals surface area (Å²) in [4.78, 5) is 9.61. The lowest BCUT2D eigenvalue weighted by atomic mass is 10.0. The van der Waals surface area contributed by atoms with Crippen LogP contribution in [0.2, 0.25) is 0 Å². The number of hydrogen-bond donors (Lipinski definition) is 4. The van der Waals surface area contributed by atoms with Gasteiger partial charge in [0, 0.05) is 45.8 Å². The first-order valence-electron chi connectivity index (χ1n) is 11.2. The van der Waals surface area contributed by atoms with Crippen LogP contribution >= 0.6 is 11.3 Å². The summed E-state index contributed by atoms with van der Waals surface area (Å²) in [5.74, 6) is 0. The molecule has 0 radical (unpaired) electrons. The molecule has 0 aliphatic rings. The Hall–Kier alpha value is -3.75. The van der Waals surface area contributed by atoms with Crippen molar-refractivity contribution >= 4 is 53.9 Å². The van der Waals surface area contributed by atoms with Gasteiger partial charge in [-0.3, -0.25) is 0 Å². The average Bonchev–Trinajstić information content (AvgIpc) is 3.50. The molecule has 0 amide bonds. The summed E-state index contributed by atoms with van der Waals surface area (Å²) in [6, 6.07) is 14.9. The number of aryl methyl sites for hydroxylation is 2. The monoisotopic (exact) mass is 517 g/mol. The second-order valence-electron chi connectivity index (χ2n) is 8.34. The molecule has 0 spiro atoms. The smallest absolute Gasteiger partial charge is 0.240 e. The highest BCUT2D eigenvalue weighted by atomic mass is 32.2. The first-order valence-corrected chi connectivity index (χ1v) is 13.5. The summed E-state index contributed by atoms with van der Waals surface area (Å²) >= 11 is 1.49. The average molecular weight is 518 g/mol. The molecular weight excluding hydrogens is 494 g/mol. The van der Waals surface area contributed by atoms with E-state index >= 15 is 0 Å². The zero-order valence-corrected chi connectivity index (χ0v) is 21.2. The molecule has 0 unspecified atom stereocenters. The van der Waals surface area contributed by atoms with Crippen LogP contribution in [0.25, 0.3) is 31.6 Å². The maximum absolute atomic E-state index is 12.4. The minimum atomic E-state index is -3.69. The van der Waals surface area contributed by atoms with Crippen molar-refractivity contribution in [1.29, 1.82) is 5.26 Å². The highest BCUT2D eigenvalue weighted by Gasteiger charge is 2.20. The number of nitrogens with zero attached hydrogens (tertiary/aromatic N) is 2. The molecule has 0 aliphatic carbocycles. The molecule has 3 heterocycles. The fourth-order valence-corrected chi connectivity index (χ4v) is 6.48. The topological polar surface area (TPSA) is 131 Å². The molecule has 3 aromatic heterocycles. The minimum Gasteiger partial charge on any atom is -0.395 e. The van der Waals surface area contributed by atoms with E-state index in [2.05, 4.69) is 26.1 Å². The van der Waals surface area contributed by atoms with E-state index in [1.807, 2.05) is 38.2 Å². The lowest BCUT2D eigenvalue weighted by Gasteiger charge is -2.13. The van der Waals surface area contributed by atoms with Gasteiger partial charge in [-0.1, -0.05) is 12.1 Å². The number of H-pyrrole nitrogens is 1. The fourth-order valence-electron chi connectivity index (χ4n) is 4.30. The van der Waals surface area contributed by atoms with Crippen molar-refractivity contribution < 1.29 is 13.5 Å². The number of anilines is 2. The van der Waals surface area contributed by atoms with Crippen LogP contribution in [-0.2, 0) is 10.0 Å². The number of aromatic nitrogens is 2. The van der Waals surface area contributed by atoms with Crippen molar-refractivity contribution in [3.63, 3.8) is 0 Å². The Morgan fingerprint density at radius 1 is 1.11 bits per heavy atom. The molecule has 5 aromatic rings. The Morgan fingerprint density at radius 3 is 2.61 bits per heavy atom. The van der Waals surface area contributed by atoms with Crippen molar-refractivity contribution in [3.8, 4) is 16.5 Å². The third-order valence-electron chi connectivity index (χ3n) is 6.17. The zero-order valence-electron chi connectivity index (χ0n) is 19.6. The van der Waals surface area contributed by atoms with Crippen molar-refractivity contribution in [2.75, 3.05) is 18.5 Å². The number of aliphatic hydroxyl groups is 1. The number of sulfonamides is 1. The Morgan fingerprint density at radius 2 is 1.89 bits per heavy atom. The first-order chi connectivity index (χ1) is 17.3. The van der Waals surface area contributed by atoms with Gasteiger partial charge in [-0.05, 0) is 60.9 Å². The van der Waals surface area contributed by atoms with Crippen LogP contribution in [0.1, 0.15) is 16.7 Å². The maximum Gasteiger partial charge on any atom is 0.240 e. The third kappa shape index (κ3) is 4.12. The number of hydrogen-bond acceptors (Lipinski definition) is 7. The highest BCUT2D eigenvalue weighted by Crippen LogP contribution is 2.43. The van der Waals surface area contributed by atoms with E-state index in [9.17, 15) is 13.7 Å². The molecule has 5 rings (SSSR count). The number of fused-ring (bicyclic) bond motifs is 2. The highest BCUT2D eigenvalue weighted by molar-refractivity contribution is 7.89. The third-order valence-corrected chi connectivity index (χ3v) is 8.90. The summed E-state index contributed by atoms with van der Waals surface area (Å²) in [7, 11) is -3.69. The van der Waals surface area contributed by atoms with Crippen LogP contribution in [0.5, 0.6) is 0 Å². The van der Waals surface area contributed by atoms with Crippen molar-refractivity contribution in [1.82, 2.24) is 14.7 Å². The molecule has 36 heavy (non-hydrogen) atoms. The number of nitrogens with one attached hydrogen (secondary N) is 3.